The molecule has 9 heteroatoms. The van der Waals surface area contributed by atoms with Crippen LogP contribution in [0.5, 0.6) is 0 Å². The van der Waals surface area contributed by atoms with Gasteiger partial charge in [-0.2, -0.15) is 0 Å². The average molecular weight is 430 g/mol. The van der Waals surface area contributed by atoms with E-state index in [-0.39, 0.29) is 0 Å². The first-order valence-electron chi connectivity index (χ1n) is 7.87. The highest BCUT2D eigenvalue weighted by molar-refractivity contribution is 7.80. The van der Waals surface area contributed by atoms with Crippen molar-refractivity contribution < 1.29 is 0 Å². The molecule has 0 aliphatic heterocycles. The summed E-state index contributed by atoms with van der Waals surface area (Å²) in [6, 6.07) is 17.2. The summed E-state index contributed by atoms with van der Waals surface area (Å²) < 4.78 is 3.46. The lowest BCUT2D eigenvalue weighted by molar-refractivity contribution is 1.07. The van der Waals surface area contributed by atoms with Gasteiger partial charge in [0.25, 0.3) is 0 Å². The van der Waals surface area contributed by atoms with Gasteiger partial charge in [-0.1, -0.05) is 41.1 Å². The van der Waals surface area contributed by atoms with Gasteiger partial charge in [0.1, 0.15) is 11.0 Å². The normalized spacial score (nSPS) is 10.7. The van der Waals surface area contributed by atoms with E-state index in [0.29, 0.717) is 19.9 Å². The zero-order valence-corrected chi connectivity index (χ0v) is 16.9. The number of hydrogen-bond donors (Lipinski definition) is 2. The number of halogens is 1. The summed E-state index contributed by atoms with van der Waals surface area (Å²) in [5.74, 6) is 0.609. The molecule has 4 aromatic rings. The first kappa shape index (κ1) is 18.0. The molecule has 2 aromatic carbocycles. The van der Waals surface area contributed by atoms with Crippen molar-refractivity contribution in [1.82, 2.24) is 14.5 Å². The van der Waals surface area contributed by atoms with E-state index in [0.717, 1.165) is 21.7 Å². The summed E-state index contributed by atoms with van der Waals surface area (Å²) in [6.07, 6.45) is 1.50. The number of anilines is 2. The number of thiocarbonyl (C=S) groups is 1. The molecule has 0 aliphatic carbocycles. The Labute approximate surface area is 174 Å². The molecule has 134 valence electrons. The molecule has 5 nitrogen and oxygen atoms in total. The highest BCUT2D eigenvalue weighted by Crippen LogP contribution is 2.29. The maximum Gasteiger partial charge on any atom is 0.176 e. The predicted octanol–water partition coefficient (Wildman–Crippen LogP) is 5.67. The molecule has 2 heterocycles. The molecule has 0 atom stereocenters. The molecule has 0 radical (unpaired) electrons. The van der Waals surface area contributed by atoms with Crippen molar-refractivity contribution in [1.29, 1.82) is 0 Å². The number of nitrogens with zero attached hydrogens (tertiary/aromatic N) is 3. The van der Waals surface area contributed by atoms with Crippen LogP contribution in [-0.2, 0) is 0 Å². The van der Waals surface area contributed by atoms with Crippen molar-refractivity contribution in [3.05, 3.63) is 69.9 Å². The largest absolute Gasteiger partial charge is 0.332 e. The van der Waals surface area contributed by atoms with E-state index in [1.165, 1.54) is 17.7 Å². The second-order valence-corrected chi connectivity index (χ2v) is 7.99. The standard InChI is InChI=1S/C18H12ClN5S3/c19-11-6-8-12(9-7-11)22-17(25)23-15-14-16(21-10-20-15)24(18(26)27-14)13-4-2-1-3-5-13/h1-10H,(H2,20,21,22,23,25). The van der Waals surface area contributed by atoms with Gasteiger partial charge in [0.15, 0.2) is 20.5 Å². The number of benzene rings is 2. The molecule has 4 rings (SSSR count). The van der Waals surface area contributed by atoms with Crippen LogP contribution in [0.2, 0.25) is 5.02 Å². The minimum atomic E-state index is 0.419. The quantitative estimate of drug-likeness (QED) is 0.409. The fourth-order valence-electron chi connectivity index (χ4n) is 2.53. The van der Waals surface area contributed by atoms with E-state index in [2.05, 4.69) is 20.6 Å². The van der Waals surface area contributed by atoms with Gasteiger partial charge in [-0.15, -0.1) is 0 Å². The Hall–Kier alpha value is -2.39. The van der Waals surface area contributed by atoms with E-state index < -0.39 is 0 Å². The molecule has 0 saturated heterocycles. The summed E-state index contributed by atoms with van der Waals surface area (Å²) in [7, 11) is 0. The van der Waals surface area contributed by atoms with Crippen LogP contribution >= 0.6 is 47.4 Å². The molecular formula is C18H12ClN5S3. The zero-order valence-electron chi connectivity index (χ0n) is 13.7. The molecule has 0 amide bonds. The minimum Gasteiger partial charge on any atom is -0.332 e. The lowest BCUT2D eigenvalue weighted by atomic mass is 10.3. The van der Waals surface area contributed by atoms with Gasteiger partial charge in [0.05, 0.1) is 0 Å². The number of nitrogens with one attached hydrogen (secondary N) is 2. The van der Waals surface area contributed by atoms with Crippen LogP contribution < -0.4 is 10.6 Å². The molecule has 0 aliphatic rings. The molecule has 27 heavy (non-hydrogen) atoms. The maximum absolute atomic E-state index is 5.91. The number of rotatable bonds is 3. The van der Waals surface area contributed by atoms with Gasteiger partial charge in [0.2, 0.25) is 0 Å². The highest BCUT2D eigenvalue weighted by atomic mass is 35.5. The Kier molecular flexibility index (Phi) is 5.13. The fraction of sp³-hybridized carbons (Fsp3) is 0. The van der Waals surface area contributed by atoms with Gasteiger partial charge in [-0.3, -0.25) is 4.57 Å². The molecule has 0 spiro atoms. The van der Waals surface area contributed by atoms with Crippen molar-refractivity contribution in [3.8, 4) is 5.69 Å². The van der Waals surface area contributed by atoms with Crippen molar-refractivity contribution in [2.24, 2.45) is 0 Å². The molecule has 2 aromatic heterocycles. The van der Waals surface area contributed by atoms with Crippen LogP contribution in [-0.4, -0.2) is 19.6 Å². The molecule has 2 N–H and O–H groups in total. The zero-order chi connectivity index (χ0) is 18.8. The Morgan fingerprint density at radius 2 is 1.74 bits per heavy atom. The maximum atomic E-state index is 5.91. The van der Waals surface area contributed by atoms with E-state index >= 15 is 0 Å². The average Bonchev–Trinajstić information content (AvgIpc) is 3.01. The summed E-state index contributed by atoms with van der Waals surface area (Å²) in [5, 5.41) is 7.32. The summed E-state index contributed by atoms with van der Waals surface area (Å²) in [5.41, 5.74) is 2.53. The topological polar surface area (TPSA) is 54.8 Å². The van der Waals surface area contributed by atoms with Crippen molar-refractivity contribution in [2.45, 2.75) is 0 Å². The molecule has 0 fully saturated rings. The number of hydrogen-bond acceptors (Lipinski definition) is 5. The lowest BCUT2D eigenvalue weighted by Gasteiger charge is -2.10. The lowest BCUT2D eigenvalue weighted by Crippen LogP contribution is -2.19. The Bertz CT molecular complexity index is 1170. The third-order valence-electron chi connectivity index (χ3n) is 3.72. The van der Waals surface area contributed by atoms with E-state index in [1.807, 2.05) is 47.0 Å². The monoisotopic (exact) mass is 429 g/mol. The third kappa shape index (κ3) is 3.84. The Morgan fingerprint density at radius 1 is 1.00 bits per heavy atom. The van der Waals surface area contributed by atoms with Crippen LogP contribution in [0, 0.1) is 3.95 Å². The number of thiazole rings is 1. The van der Waals surface area contributed by atoms with Gasteiger partial charge in [0, 0.05) is 16.4 Å². The van der Waals surface area contributed by atoms with Gasteiger partial charge >= 0.3 is 0 Å². The van der Waals surface area contributed by atoms with Gasteiger partial charge in [-0.25, -0.2) is 9.97 Å². The SMILES string of the molecule is S=C(Nc1ccc(Cl)cc1)Nc1ncnc2c1sc(=S)n2-c1ccccc1. The first-order chi connectivity index (χ1) is 13.1. The highest BCUT2D eigenvalue weighted by Gasteiger charge is 2.14. The van der Waals surface area contributed by atoms with Crippen LogP contribution in [0.3, 0.4) is 0 Å². The predicted molar refractivity (Wildman–Crippen MR) is 119 cm³/mol. The van der Waals surface area contributed by atoms with E-state index in [1.54, 1.807) is 12.1 Å². The van der Waals surface area contributed by atoms with Gasteiger partial charge in [-0.05, 0) is 60.8 Å². The smallest absolute Gasteiger partial charge is 0.176 e. The second-order valence-electron chi connectivity index (χ2n) is 5.50. The summed E-state index contributed by atoms with van der Waals surface area (Å²) in [4.78, 5) is 8.75. The van der Waals surface area contributed by atoms with Crippen LogP contribution in [0.15, 0.2) is 60.9 Å². The second kappa shape index (κ2) is 7.69. The van der Waals surface area contributed by atoms with Crippen molar-refractivity contribution >= 4 is 74.3 Å². The molecule has 0 bridgehead atoms. The Balaban J connectivity index is 1.66. The van der Waals surface area contributed by atoms with Crippen LogP contribution in [0.25, 0.3) is 16.0 Å². The van der Waals surface area contributed by atoms with Gasteiger partial charge < -0.3 is 10.6 Å². The van der Waals surface area contributed by atoms with Crippen LogP contribution in [0.1, 0.15) is 0 Å². The molecule has 0 unspecified atom stereocenters. The third-order valence-corrected chi connectivity index (χ3v) is 5.54. The van der Waals surface area contributed by atoms with Crippen LogP contribution in [0.4, 0.5) is 11.5 Å². The minimum absolute atomic E-state index is 0.419. The molecular weight excluding hydrogens is 418 g/mol. The first-order valence-corrected chi connectivity index (χ1v) is 9.88. The van der Waals surface area contributed by atoms with E-state index in [4.69, 9.17) is 36.0 Å². The van der Waals surface area contributed by atoms with Crippen molar-refractivity contribution in [2.75, 3.05) is 10.6 Å². The summed E-state index contributed by atoms with van der Waals surface area (Å²) in [6.45, 7) is 0. The van der Waals surface area contributed by atoms with Crippen molar-refractivity contribution in [3.63, 3.8) is 0 Å². The van der Waals surface area contributed by atoms with E-state index in [9.17, 15) is 0 Å². The summed E-state index contributed by atoms with van der Waals surface area (Å²) >= 11 is 18.3. The number of para-hydroxylation sites is 1. The number of aromatic nitrogens is 3. The molecule has 0 saturated carbocycles. The number of fused-ring (bicyclic) bond motifs is 1. The fourth-order valence-corrected chi connectivity index (χ4v) is 4.21. The Morgan fingerprint density at radius 3 is 2.48 bits per heavy atom.